The molecule has 21 heavy (non-hydrogen) atoms. The molecule has 1 amide bonds. The summed E-state index contributed by atoms with van der Waals surface area (Å²) in [5.41, 5.74) is 6.50. The number of amides is 1. The van der Waals surface area contributed by atoms with E-state index in [4.69, 9.17) is 10.5 Å². The maximum absolute atomic E-state index is 12.5. The van der Waals surface area contributed by atoms with E-state index in [0.717, 1.165) is 12.0 Å². The highest BCUT2D eigenvalue weighted by Gasteiger charge is 2.39. The average molecular weight is 290 g/mol. The highest BCUT2D eigenvalue weighted by atomic mass is 16.5. The molecule has 1 aliphatic heterocycles. The minimum atomic E-state index is -0.884. The SMILES string of the molecule is CC(C)(C)CC(NC(=O)C1(N)CCOC1)c1ccccc1. The van der Waals surface area contributed by atoms with E-state index in [1.807, 2.05) is 30.3 Å². The molecule has 0 spiro atoms. The van der Waals surface area contributed by atoms with Crippen LogP contribution < -0.4 is 11.1 Å². The summed E-state index contributed by atoms with van der Waals surface area (Å²) >= 11 is 0. The zero-order valence-electron chi connectivity index (χ0n) is 13.2. The van der Waals surface area contributed by atoms with Gasteiger partial charge in [0, 0.05) is 6.61 Å². The van der Waals surface area contributed by atoms with E-state index < -0.39 is 5.54 Å². The fourth-order valence-electron chi connectivity index (χ4n) is 2.61. The van der Waals surface area contributed by atoms with Gasteiger partial charge in [-0.3, -0.25) is 4.79 Å². The van der Waals surface area contributed by atoms with E-state index in [9.17, 15) is 4.79 Å². The average Bonchev–Trinajstić information content (AvgIpc) is 2.86. The highest BCUT2D eigenvalue weighted by molar-refractivity contribution is 5.86. The van der Waals surface area contributed by atoms with E-state index in [-0.39, 0.29) is 17.4 Å². The lowest BCUT2D eigenvalue weighted by molar-refractivity contribution is -0.127. The van der Waals surface area contributed by atoms with Crippen LogP contribution in [0.3, 0.4) is 0 Å². The van der Waals surface area contributed by atoms with Gasteiger partial charge >= 0.3 is 0 Å². The number of hydrogen-bond donors (Lipinski definition) is 2. The van der Waals surface area contributed by atoms with Crippen molar-refractivity contribution in [2.24, 2.45) is 11.1 Å². The van der Waals surface area contributed by atoms with Gasteiger partial charge in [-0.2, -0.15) is 0 Å². The van der Waals surface area contributed by atoms with Crippen molar-refractivity contribution in [3.8, 4) is 0 Å². The van der Waals surface area contributed by atoms with E-state index in [2.05, 4.69) is 26.1 Å². The van der Waals surface area contributed by atoms with Gasteiger partial charge in [-0.1, -0.05) is 51.1 Å². The molecule has 1 aromatic carbocycles. The molecule has 0 radical (unpaired) electrons. The van der Waals surface area contributed by atoms with Gasteiger partial charge in [0.05, 0.1) is 12.6 Å². The number of benzene rings is 1. The third-order valence-corrected chi connectivity index (χ3v) is 3.83. The van der Waals surface area contributed by atoms with Crippen molar-refractivity contribution in [2.45, 2.75) is 45.2 Å². The molecule has 2 unspecified atom stereocenters. The molecule has 2 rings (SSSR count). The molecule has 2 atom stereocenters. The monoisotopic (exact) mass is 290 g/mol. The van der Waals surface area contributed by atoms with Crippen LogP contribution in [-0.4, -0.2) is 24.7 Å². The smallest absolute Gasteiger partial charge is 0.243 e. The van der Waals surface area contributed by atoms with Crippen molar-refractivity contribution in [3.63, 3.8) is 0 Å². The number of hydrogen-bond acceptors (Lipinski definition) is 3. The molecule has 1 heterocycles. The van der Waals surface area contributed by atoms with Crippen molar-refractivity contribution in [1.82, 2.24) is 5.32 Å². The zero-order chi connectivity index (χ0) is 15.5. The molecule has 1 saturated heterocycles. The maximum atomic E-state index is 12.5. The Kier molecular flexibility index (Phi) is 4.69. The first-order chi connectivity index (χ1) is 9.80. The second kappa shape index (κ2) is 6.16. The Morgan fingerprint density at radius 2 is 2.05 bits per heavy atom. The minimum absolute atomic E-state index is 0.0280. The molecule has 0 aromatic heterocycles. The first-order valence-corrected chi connectivity index (χ1v) is 7.53. The predicted octanol–water partition coefficient (Wildman–Crippen LogP) is 2.40. The summed E-state index contributed by atoms with van der Waals surface area (Å²) in [7, 11) is 0. The summed E-state index contributed by atoms with van der Waals surface area (Å²) in [6, 6.07) is 10.0. The quantitative estimate of drug-likeness (QED) is 0.895. The van der Waals surface area contributed by atoms with E-state index >= 15 is 0 Å². The summed E-state index contributed by atoms with van der Waals surface area (Å²) in [5, 5.41) is 3.13. The zero-order valence-corrected chi connectivity index (χ0v) is 13.2. The molecule has 0 bridgehead atoms. The van der Waals surface area contributed by atoms with Gasteiger partial charge in [-0.05, 0) is 23.8 Å². The van der Waals surface area contributed by atoms with Gasteiger partial charge in [-0.25, -0.2) is 0 Å². The van der Waals surface area contributed by atoms with Gasteiger partial charge < -0.3 is 15.8 Å². The van der Waals surface area contributed by atoms with Crippen molar-refractivity contribution in [3.05, 3.63) is 35.9 Å². The topological polar surface area (TPSA) is 64.4 Å². The Morgan fingerprint density at radius 1 is 1.38 bits per heavy atom. The molecule has 4 heteroatoms. The van der Waals surface area contributed by atoms with Crippen LogP contribution in [0.1, 0.15) is 45.2 Å². The number of rotatable bonds is 4. The highest BCUT2D eigenvalue weighted by Crippen LogP contribution is 2.30. The van der Waals surface area contributed by atoms with Crippen LogP contribution in [0.2, 0.25) is 0 Å². The minimum Gasteiger partial charge on any atom is -0.379 e. The summed E-state index contributed by atoms with van der Waals surface area (Å²) in [6.45, 7) is 7.37. The van der Waals surface area contributed by atoms with E-state index in [1.54, 1.807) is 0 Å². The lowest BCUT2D eigenvalue weighted by Gasteiger charge is -2.30. The molecule has 0 aliphatic carbocycles. The first kappa shape index (κ1) is 16.0. The number of carbonyl (C=O) groups is 1. The Bertz CT molecular complexity index is 473. The number of nitrogens with two attached hydrogens (primary N) is 1. The molecule has 4 nitrogen and oxygen atoms in total. The Hall–Kier alpha value is -1.39. The molecular formula is C17H26N2O2. The van der Waals surface area contributed by atoms with Gasteiger partial charge in [0.2, 0.25) is 5.91 Å². The fourth-order valence-corrected chi connectivity index (χ4v) is 2.61. The van der Waals surface area contributed by atoms with E-state index in [1.165, 1.54) is 0 Å². The van der Waals surface area contributed by atoms with Gasteiger partial charge in [-0.15, -0.1) is 0 Å². The lowest BCUT2D eigenvalue weighted by Crippen LogP contribution is -2.55. The second-order valence-electron chi connectivity index (χ2n) is 7.16. The molecular weight excluding hydrogens is 264 g/mol. The third-order valence-electron chi connectivity index (χ3n) is 3.83. The number of carbonyl (C=O) groups excluding carboxylic acids is 1. The molecule has 0 saturated carbocycles. The van der Waals surface area contributed by atoms with Crippen LogP contribution in [0.5, 0.6) is 0 Å². The van der Waals surface area contributed by atoms with Gasteiger partial charge in [0.25, 0.3) is 0 Å². The summed E-state index contributed by atoms with van der Waals surface area (Å²) in [6.07, 6.45) is 1.44. The molecule has 116 valence electrons. The number of ether oxygens (including phenoxy) is 1. The van der Waals surface area contributed by atoms with Crippen LogP contribution in [0.4, 0.5) is 0 Å². The van der Waals surface area contributed by atoms with Crippen molar-refractivity contribution < 1.29 is 9.53 Å². The maximum Gasteiger partial charge on any atom is 0.243 e. The molecule has 1 aliphatic rings. The van der Waals surface area contributed by atoms with Crippen molar-refractivity contribution >= 4 is 5.91 Å². The van der Waals surface area contributed by atoms with Crippen molar-refractivity contribution in [2.75, 3.05) is 13.2 Å². The first-order valence-electron chi connectivity index (χ1n) is 7.53. The molecule has 3 N–H and O–H groups in total. The fraction of sp³-hybridized carbons (Fsp3) is 0.588. The summed E-state index contributed by atoms with van der Waals surface area (Å²) in [5.74, 6) is -0.113. The van der Waals surface area contributed by atoms with E-state index in [0.29, 0.717) is 19.6 Å². The van der Waals surface area contributed by atoms with Gasteiger partial charge in [0.1, 0.15) is 5.54 Å². The Balaban J connectivity index is 2.14. The normalized spacial score (nSPS) is 23.8. The third kappa shape index (κ3) is 4.29. The predicted molar refractivity (Wildman–Crippen MR) is 83.8 cm³/mol. The second-order valence-corrected chi connectivity index (χ2v) is 7.16. The van der Waals surface area contributed by atoms with Crippen LogP contribution in [0.25, 0.3) is 0 Å². The molecule has 1 aromatic rings. The standard InChI is InChI=1S/C17H26N2O2/c1-16(2,3)11-14(13-7-5-4-6-8-13)19-15(20)17(18)9-10-21-12-17/h4-8,14H,9-12,18H2,1-3H3,(H,19,20). The van der Waals surface area contributed by atoms with Crippen molar-refractivity contribution in [1.29, 1.82) is 0 Å². The molecule has 1 fully saturated rings. The largest absolute Gasteiger partial charge is 0.379 e. The van der Waals surface area contributed by atoms with Crippen LogP contribution in [0, 0.1) is 5.41 Å². The van der Waals surface area contributed by atoms with Crippen LogP contribution >= 0.6 is 0 Å². The number of nitrogens with one attached hydrogen (secondary N) is 1. The Morgan fingerprint density at radius 3 is 2.57 bits per heavy atom. The summed E-state index contributed by atoms with van der Waals surface area (Å²) < 4.78 is 5.28. The summed E-state index contributed by atoms with van der Waals surface area (Å²) in [4.78, 5) is 12.5. The Labute approximate surface area is 127 Å². The lowest BCUT2D eigenvalue weighted by atomic mass is 9.85. The van der Waals surface area contributed by atoms with Crippen LogP contribution in [0.15, 0.2) is 30.3 Å². The van der Waals surface area contributed by atoms with Crippen LogP contribution in [-0.2, 0) is 9.53 Å². The van der Waals surface area contributed by atoms with Gasteiger partial charge in [0.15, 0.2) is 0 Å².